The molecule has 6 heteroatoms. The normalized spacial score (nSPS) is 24.1. The number of ether oxygens (including phenoxy) is 1. The molecule has 6 nitrogen and oxygen atoms in total. The Bertz CT molecular complexity index is 464. The lowest BCUT2D eigenvalue weighted by Gasteiger charge is -2.35. The molecule has 0 aromatic carbocycles. The fraction of sp³-hybridized carbons (Fsp3) is 0.778. The summed E-state index contributed by atoms with van der Waals surface area (Å²) in [6, 6.07) is 4.12. The van der Waals surface area contributed by atoms with Gasteiger partial charge in [-0.25, -0.2) is 0 Å². The van der Waals surface area contributed by atoms with E-state index in [2.05, 4.69) is 15.1 Å². The minimum absolute atomic E-state index is 0.478. The highest BCUT2D eigenvalue weighted by Crippen LogP contribution is 2.21. The van der Waals surface area contributed by atoms with Gasteiger partial charge in [0.1, 0.15) is 11.4 Å². The van der Waals surface area contributed by atoms with E-state index in [1.807, 2.05) is 12.1 Å². The van der Waals surface area contributed by atoms with Gasteiger partial charge in [0.2, 0.25) is 0 Å². The molecule has 24 heavy (non-hydrogen) atoms. The zero-order valence-electron chi connectivity index (χ0n) is 14.7. The van der Waals surface area contributed by atoms with Crippen LogP contribution in [0.1, 0.15) is 25.5 Å². The van der Waals surface area contributed by atoms with Crippen LogP contribution >= 0.6 is 0 Å². The maximum Gasteiger partial charge on any atom is 0.136 e. The lowest BCUT2D eigenvalue weighted by Crippen LogP contribution is -2.48. The van der Waals surface area contributed by atoms with E-state index in [-0.39, 0.29) is 0 Å². The van der Waals surface area contributed by atoms with Gasteiger partial charge in [-0.1, -0.05) is 0 Å². The van der Waals surface area contributed by atoms with Gasteiger partial charge in [-0.2, -0.15) is 0 Å². The van der Waals surface area contributed by atoms with Crippen LogP contribution in [0.3, 0.4) is 0 Å². The molecule has 0 aliphatic carbocycles. The quantitative estimate of drug-likeness (QED) is 0.770. The molecule has 0 saturated carbocycles. The van der Waals surface area contributed by atoms with Crippen molar-refractivity contribution in [2.75, 3.05) is 59.0 Å². The third-order valence-electron chi connectivity index (χ3n) is 5.21. The average molecular weight is 337 g/mol. The van der Waals surface area contributed by atoms with Gasteiger partial charge in [0.15, 0.2) is 0 Å². The van der Waals surface area contributed by atoms with Crippen LogP contribution in [0, 0.1) is 0 Å². The van der Waals surface area contributed by atoms with E-state index < -0.39 is 5.60 Å². The van der Waals surface area contributed by atoms with Crippen LogP contribution in [0.5, 0.6) is 0 Å². The van der Waals surface area contributed by atoms with E-state index in [0.29, 0.717) is 18.3 Å². The topological polar surface area (TPSA) is 61.1 Å². The SMILES string of the molecule is CC(O)(CNC1CCN(CCN2CCOCC2)CC1)c1ccco1. The van der Waals surface area contributed by atoms with Crippen molar-refractivity contribution in [1.29, 1.82) is 0 Å². The molecule has 1 aromatic rings. The van der Waals surface area contributed by atoms with Crippen molar-refractivity contribution in [3.8, 4) is 0 Å². The Labute approximate surface area is 144 Å². The molecule has 0 radical (unpaired) electrons. The van der Waals surface area contributed by atoms with Gasteiger partial charge < -0.3 is 24.5 Å². The number of likely N-dealkylation sites (tertiary alicyclic amines) is 1. The molecule has 2 saturated heterocycles. The fourth-order valence-corrected chi connectivity index (χ4v) is 3.48. The fourth-order valence-electron chi connectivity index (χ4n) is 3.48. The molecular formula is C18H31N3O3. The number of morpholine rings is 1. The van der Waals surface area contributed by atoms with Crippen molar-refractivity contribution in [2.24, 2.45) is 0 Å². The molecule has 1 unspecified atom stereocenters. The Kier molecular flexibility index (Phi) is 6.30. The lowest BCUT2D eigenvalue weighted by molar-refractivity contribution is 0.0254. The van der Waals surface area contributed by atoms with E-state index in [9.17, 15) is 5.11 Å². The smallest absolute Gasteiger partial charge is 0.136 e. The first kappa shape index (κ1) is 17.9. The van der Waals surface area contributed by atoms with E-state index >= 15 is 0 Å². The van der Waals surface area contributed by atoms with Crippen molar-refractivity contribution in [3.05, 3.63) is 24.2 Å². The lowest BCUT2D eigenvalue weighted by atomic mass is 10.0. The summed E-state index contributed by atoms with van der Waals surface area (Å²) in [7, 11) is 0. The Hall–Kier alpha value is -0.920. The third-order valence-corrected chi connectivity index (χ3v) is 5.21. The van der Waals surface area contributed by atoms with Crippen molar-refractivity contribution in [2.45, 2.75) is 31.4 Å². The average Bonchev–Trinajstić information content (AvgIpc) is 3.16. The summed E-state index contributed by atoms with van der Waals surface area (Å²) in [6.45, 7) is 10.8. The predicted octanol–water partition coefficient (Wildman–Crippen LogP) is 0.873. The molecule has 3 heterocycles. The second-order valence-corrected chi connectivity index (χ2v) is 7.20. The summed E-state index contributed by atoms with van der Waals surface area (Å²) in [6.07, 6.45) is 3.88. The van der Waals surface area contributed by atoms with Crippen LogP contribution in [0.4, 0.5) is 0 Å². The molecule has 1 aromatic heterocycles. The van der Waals surface area contributed by atoms with Crippen LogP contribution in [-0.2, 0) is 10.3 Å². The molecule has 2 aliphatic heterocycles. The molecule has 2 N–H and O–H groups in total. The standard InChI is InChI=1S/C18H31N3O3/c1-18(22,17-3-2-12-24-17)15-19-16-4-6-20(7-5-16)8-9-21-10-13-23-14-11-21/h2-3,12,16,19,22H,4-11,13-15H2,1H3. The number of furan rings is 1. The zero-order valence-corrected chi connectivity index (χ0v) is 14.7. The predicted molar refractivity (Wildman–Crippen MR) is 93.0 cm³/mol. The molecule has 2 aliphatic rings. The maximum atomic E-state index is 10.5. The van der Waals surface area contributed by atoms with Crippen molar-refractivity contribution >= 4 is 0 Å². The first-order valence-electron chi connectivity index (χ1n) is 9.16. The second kappa shape index (κ2) is 8.45. The summed E-state index contributed by atoms with van der Waals surface area (Å²) in [5.41, 5.74) is -0.947. The van der Waals surface area contributed by atoms with E-state index in [1.165, 1.54) is 0 Å². The molecule has 0 amide bonds. The van der Waals surface area contributed by atoms with Gasteiger partial charge >= 0.3 is 0 Å². The van der Waals surface area contributed by atoms with Crippen molar-refractivity contribution < 1.29 is 14.3 Å². The summed E-state index contributed by atoms with van der Waals surface area (Å²) in [5, 5.41) is 14.0. The molecule has 136 valence electrons. The Morgan fingerprint density at radius 3 is 2.46 bits per heavy atom. The highest BCUT2D eigenvalue weighted by molar-refractivity contribution is 5.08. The number of nitrogens with one attached hydrogen (secondary N) is 1. The summed E-state index contributed by atoms with van der Waals surface area (Å²) in [4.78, 5) is 5.05. The maximum absolute atomic E-state index is 10.5. The minimum atomic E-state index is -0.947. The molecule has 1 atom stereocenters. The number of hydrogen-bond donors (Lipinski definition) is 2. The van der Waals surface area contributed by atoms with Crippen LogP contribution in [0.2, 0.25) is 0 Å². The summed E-state index contributed by atoms with van der Waals surface area (Å²) < 4.78 is 10.7. The van der Waals surface area contributed by atoms with Gasteiger partial charge in [-0.15, -0.1) is 0 Å². The van der Waals surface area contributed by atoms with Gasteiger partial charge in [0, 0.05) is 38.8 Å². The molecule has 0 bridgehead atoms. The monoisotopic (exact) mass is 337 g/mol. The molecule has 3 rings (SSSR count). The summed E-state index contributed by atoms with van der Waals surface area (Å²) in [5.74, 6) is 0.623. The first-order valence-corrected chi connectivity index (χ1v) is 9.16. The Morgan fingerprint density at radius 2 is 1.83 bits per heavy atom. The van der Waals surface area contributed by atoms with Gasteiger partial charge in [0.05, 0.1) is 19.5 Å². The van der Waals surface area contributed by atoms with E-state index in [1.54, 1.807) is 13.2 Å². The van der Waals surface area contributed by atoms with Gasteiger partial charge in [-0.05, 0) is 45.0 Å². The van der Waals surface area contributed by atoms with Crippen molar-refractivity contribution in [3.63, 3.8) is 0 Å². The first-order chi connectivity index (χ1) is 11.6. The van der Waals surface area contributed by atoms with Crippen molar-refractivity contribution in [1.82, 2.24) is 15.1 Å². The van der Waals surface area contributed by atoms with Crippen LogP contribution in [0.25, 0.3) is 0 Å². The van der Waals surface area contributed by atoms with Crippen LogP contribution in [-0.4, -0.2) is 80.0 Å². The summed E-state index contributed by atoms with van der Waals surface area (Å²) >= 11 is 0. The van der Waals surface area contributed by atoms with Gasteiger partial charge in [-0.3, -0.25) is 4.90 Å². The molecule has 2 fully saturated rings. The van der Waals surface area contributed by atoms with Gasteiger partial charge in [0.25, 0.3) is 0 Å². The van der Waals surface area contributed by atoms with E-state index in [0.717, 1.165) is 65.3 Å². The van der Waals surface area contributed by atoms with Crippen LogP contribution < -0.4 is 5.32 Å². The minimum Gasteiger partial charge on any atom is -0.466 e. The number of rotatable bonds is 7. The molecular weight excluding hydrogens is 306 g/mol. The number of piperidine rings is 1. The third kappa shape index (κ3) is 5.04. The Morgan fingerprint density at radius 1 is 1.17 bits per heavy atom. The molecule has 0 spiro atoms. The zero-order chi connectivity index (χ0) is 16.8. The highest BCUT2D eigenvalue weighted by atomic mass is 16.5. The largest absolute Gasteiger partial charge is 0.466 e. The second-order valence-electron chi connectivity index (χ2n) is 7.20. The number of nitrogens with zero attached hydrogens (tertiary/aromatic N) is 2. The Balaban J connectivity index is 1.33. The number of hydrogen-bond acceptors (Lipinski definition) is 6. The van der Waals surface area contributed by atoms with Crippen LogP contribution in [0.15, 0.2) is 22.8 Å². The number of aliphatic hydroxyl groups is 1. The van der Waals surface area contributed by atoms with E-state index in [4.69, 9.17) is 9.15 Å². The highest BCUT2D eigenvalue weighted by Gasteiger charge is 2.28.